The Hall–Kier alpha value is -2.06. The molecule has 1 heterocycles. The number of ether oxygens (including phenoxy) is 1. The molecule has 5 heteroatoms. The van der Waals surface area contributed by atoms with Crippen LogP contribution in [0.5, 0.6) is 5.75 Å². The molecular formula is C18H23N3O2. The molecule has 0 atom stereocenters. The molecule has 0 saturated heterocycles. The van der Waals surface area contributed by atoms with E-state index in [1.807, 2.05) is 17.6 Å². The second-order valence-corrected chi connectivity index (χ2v) is 7.19. The number of aliphatic hydroxyl groups is 1. The van der Waals surface area contributed by atoms with E-state index in [1.165, 1.54) is 0 Å². The van der Waals surface area contributed by atoms with Gasteiger partial charge in [-0.2, -0.15) is 5.26 Å². The Labute approximate surface area is 136 Å². The van der Waals surface area contributed by atoms with Gasteiger partial charge in [0.15, 0.2) is 0 Å². The van der Waals surface area contributed by atoms with Gasteiger partial charge in [0, 0.05) is 18.2 Å². The van der Waals surface area contributed by atoms with E-state index in [0.717, 1.165) is 17.5 Å². The van der Waals surface area contributed by atoms with Crippen molar-refractivity contribution in [3.05, 3.63) is 24.0 Å². The summed E-state index contributed by atoms with van der Waals surface area (Å²) in [6.07, 6.45) is 4.13. The van der Waals surface area contributed by atoms with Crippen LogP contribution in [0.25, 0.3) is 11.0 Å². The van der Waals surface area contributed by atoms with Crippen LogP contribution < -0.4 is 4.74 Å². The van der Waals surface area contributed by atoms with Crippen LogP contribution in [-0.4, -0.2) is 26.9 Å². The van der Waals surface area contributed by atoms with Crippen molar-refractivity contribution in [1.29, 1.82) is 5.26 Å². The Morgan fingerprint density at radius 2 is 2.22 bits per heavy atom. The minimum Gasteiger partial charge on any atom is -0.493 e. The number of nitriles is 1. The lowest BCUT2D eigenvalue weighted by Gasteiger charge is -2.41. The summed E-state index contributed by atoms with van der Waals surface area (Å²) in [7, 11) is 0. The second-order valence-electron chi connectivity index (χ2n) is 7.19. The maximum Gasteiger partial charge on any atom is 0.122 e. The fraction of sp³-hybridized carbons (Fsp3) is 0.556. The molecule has 122 valence electrons. The summed E-state index contributed by atoms with van der Waals surface area (Å²) in [6, 6.07) is 6.14. The van der Waals surface area contributed by atoms with E-state index in [-0.39, 0.29) is 6.04 Å². The summed E-state index contributed by atoms with van der Waals surface area (Å²) < 4.78 is 7.79. The molecule has 1 N–H and O–H groups in total. The monoisotopic (exact) mass is 313 g/mol. The van der Waals surface area contributed by atoms with Crippen molar-refractivity contribution in [3.8, 4) is 11.8 Å². The van der Waals surface area contributed by atoms with Crippen molar-refractivity contribution in [2.45, 2.75) is 51.7 Å². The summed E-state index contributed by atoms with van der Waals surface area (Å²) >= 11 is 0. The third-order valence-corrected chi connectivity index (χ3v) is 4.47. The Kier molecular flexibility index (Phi) is 4.03. The highest BCUT2D eigenvalue weighted by Gasteiger charge is 2.40. The number of rotatable bonds is 5. The number of hydrogen-bond donors (Lipinski definition) is 1. The van der Waals surface area contributed by atoms with Gasteiger partial charge in [-0.3, -0.25) is 0 Å². The number of hydrogen-bond acceptors (Lipinski definition) is 4. The lowest BCUT2D eigenvalue weighted by atomic mass is 9.77. The zero-order valence-electron chi connectivity index (χ0n) is 13.9. The number of nitrogens with zero attached hydrogens (tertiary/aromatic N) is 3. The molecule has 0 radical (unpaired) electrons. The van der Waals surface area contributed by atoms with Gasteiger partial charge in [0.2, 0.25) is 0 Å². The first-order valence-electron chi connectivity index (χ1n) is 8.15. The summed E-state index contributed by atoms with van der Waals surface area (Å²) in [5.41, 5.74) is 1.58. The molecule has 0 aliphatic heterocycles. The van der Waals surface area contributed by atoms with E-state index in [0.29, 0.717) is 36.7 Å². The van der Waals surface area contributed by atoms with Crippen LogP contribution >= 0.6 is 0 Å². The average Bonchev–Trinajstić information content (AvgIpc) is 2.87. The summed E-state index contributed by atoms with van der Waals surface area (Å²) in [6.45, 7) is 6.79. The van der Waals surface area contributed by atoms with Crippen molar-refractivity contribution in [1.82, 2.24) is 9.55 Å². The minimum atomic E-state index is -0.603. The molecular weight excluding hydrogens is 290 g/mol. The van der Waals surface area contributed by atoms with Crippen LogP contribution in [-0.2, 0) is 0 Å². The van der Waals surface area contributed by atoms with Gasteiger partial charge in [0.1, 0.15) is 11.8 Å². The van der Waals surface area contributed by atoms with Crippen LogP contribution in [0.3, 0.4) is 0 Å². The molecule has 5 nitrogen and oxygen atoms in total. The van der Waals surface area contributed by atoms with Gasteiger partial charge in [-0.1, -0.05) is 13.8 Å². The standard InChI is InChI=1S/C18H23N3O2/c1-12(2)4-5-23-15-6-13(10-19)17-16(7-15)20-11-21(17)14-8-18(3,22)9-14/h6-7,11-12,14,22H,4-5,8-9H2,1-3H3/t14-,18+. The first kappa shape index (κ1) is 15.8. The third kappa shape index (κ3) is 3.18. The van der Waals surface area contributed by atoms with E-state index >= 15 is 0 Å². The van der Waals surface area contributed by atoms with Crippen molar-refractivity contribution in [3.63, 3.8) is 0 Å². The van der Waals surface area contributed by atoms with Crippen molar-refractivity contribution >= 4 is 11.0 Å². The summed E-state index contributed by atoms with van der Waals surface area (Å²) in [4.78, 5) is 4.43. The maximum absolute atomic E-state index is 9.95. The fourth-order valence-electron chi connectivity index (χ4n) is 3.16. The molecule has 1 aromatic carbocycles. The van der Waals surface area contributed by atoms with Crippen LogP contribution in [0.15, 0.2) is 18.5 Å². The van der Waals surface area contributed by atoms with Crippen LogP contribution in [0.2, 0.25) is 0 Å². The van der Waals surface area contributed by atoms with Crippen molar-refractivity contribution < 1.29 is 9.84 Å². The molecule has 0 bridgehead atoms. The lowest BCUT2D eigenvalue weighted by Crippen LogP contribution is -2.41. The Morgan fingerprint density at radius 1 is 1.48 bits per heavy atom. The van der Waals surface area contributed by atoms with Gasteiger partial charge in [-0.15, -0.1) is 0 Å². The lowest BCUT2D eigenvalue weighted by molar-refractivity contribution is -0.0498. The molecule has 2 aromatic rings. The zero-order valence-corrected chi connectivity index (χ0v) is 13.9. The second kappa shape index (κ2) is 5.86. The predicted molar refractivity (Wildman–Crippen MR) is 88.3 cm³/mol. The molecule has 1 aromatic heterocycles. The van der Waals surface area contributed by atoms with Gasteiger partial charge in [0.25, 0.3) is 0 Å². The minimum absolute atomic E-state index is 0.204. The SMILES string of the molecule is CC(C)CCOc1cc(C#N)c2c(c1)ncn2[C@H]1C[C@@](C)(O)C1. The van der Waals surface area contributed by atoms with Gasteiger partial charge in [-0.05, 0) is 32.1 Å². The van der Waals surface area contributed by atoms with Gasteiger partial charge >= 0.3 is 0 Å². The van der Waals surface area contributed by atoms with Gasteiger partial charge in [0.05, 0.1) is 35.1 Å². The van der Waals surface area contributed by atoms with Gasteiger partial charge in [-0.25, -0.2) is 4.98 Å². The highest BCUT2D eigenvalue weighted by molar-refractivity contribution is 5.83. The van der Waals surface area contributed by atoms with E-state index in [9.17, 15) is 10.4 Å². The number of imidazole rings is 1. The molecule has 1 aliphatic rings. The molecule has 1 saturated carbocycles. The van der Waals surface area contributed by atoms with Gasteiger partial charge < -0.3 is 14.4 Å². The molecule has 0 amide bonds. The highest BCUT2D eigenvalue weighted by atomic mass is 16.5. The first-order valence-corrected chi connectivity index (χ1v) is 8.15. The van der Waals surface area contributed by atoms with Crippen LogP contribution in [0.1, 0.15) is 51.6 Å². The third-order valence-electron chi connectivity index (χ3n) is 4.47. The van der Waals surface area contributed by atoms with Crippen LogP contribution in [0.4, 0.5) is 0 Å². The Balaban J connectivity index is 1.88. The normalized spacial score (nSPS) is 23.7. The average molecular weight is 313 g/mol. The highest BCUT2D eigenvalue weighted by Crippen LogP contribution is 2.42. The van der Waals surface area contributed by atoms with E-state index < -0.39 is 5.60 Å². The maximum atomic E-state index is 9.95. The molecule has 0 unspecified atom stereocenters. The van der Waals surface area contributed by atoms with E-state index in [1.54, 1.807) is 12.4 Å². The molecule has 1 aliphatic carbocycles. The smallest absolute Gasteiger partial charge is 0.122 e. The molecule has 23 heavy (non-hydrogen) atoms. The zero-order chi connectivity index (χ0) is 16.6. The Bertz CT molecular complexity index is 747. The van der Waals surface area contributed by atoms with Crippen molar-refractivity contribution in [2.75, 3.05) is 6.61 Å². The first-order chi connectivity index (χ1) is 10.9. The Morgan fingerprint density at radius 3 is 2.83 bits per heavy atom. The largest absolute Gasteiger partial charge is 0.493 e. The fourth-order valence-corrected chi connectivity index (χ4v) is 3.16. The topological polar surface area (TPSA) is 71.1 Å². The molecule has 3 rings (SSSR count). The van der Waals surface area contributed by atoms with Crippen LogP contribution in [0, 0.1) is 17.2 Å². The van der Waals surface area contributed by atoms with Crippen molar-refractivity contribution in [2.24, 2.45) is 5.92 Å². The molecule has 0 spiro atoms. The summed E-state index contributed by atoms with van der Waals surface area (Å²) in [5.74, 6) is 1.28. The number of aromatic nitrogens is 2. The molecule has 1 fully saturated rings. The number of fused-ring (bicyclic) bond motifs is 1. The number of benzene rings is 1. The summed E-state index contributed by atoms with van der Waals surface area (Å²) in [5, 5.41) is 19.4. The predicted octanol–water partition coefficient (Wildman–Crippen LogP) is 3.42. The quantitative estimate of drug-likeness (QED) is 0.918. The van der Waals surface area contributed by atoms with E-state index in [2.05, 4.69) is 24.9 Å². The van der Waals surface area contributed by atoms with E-state index in [4.69, 9.17) is 4.74 Å².